The molecule has 1 aromatic heterocycles. The fraction of sp³-hybridized carbons (Fsp3) is 0.500. The molecule has 0 saturated heterocycles. The minimum Gasteiger partial charge on any atom is -0.360 e. The number of nitrogens with zero attached hydrogens (tertiary/aromatic N) is 2. The highest BCUT2D eigenvalue weighted by Gasteiger charge is 2.11. The van der Waals surface area contributed by atoms with Crippen molar-refractivity contribution in [2.75, 3.05) is 25.0 Å². The summed E-state index contributed by atoms with van der Waals surface area (Å²) in [7, 11) is 0. The third-order valence-electron chi connectivity index (χ3n) is 2.32. The van der Waals surface area contributed by atoms with Crippen LogP contribution < -0.4 is 10.9 Å². The van der Waals surface area contributed by atoms with Gasteiger partial charge >= 0.3 is 0 Å². The van der Waals surface area contributed by atoms with Gasteiger partial charge in [0.1, 0.15) is 9.39 Å². The summed E-state index contributed by atoms with van der Waals surface area (Å²) in [4.78, 5) is 31.2. The van der Waals surface area contributed by atoms with Crippen molar-refractivity contribution in [3.05, 3.63) is 20.3 Å². The zero-order valence-electron chi connectivity index (χ0n) is 9.79. The first kappa shape index (κ1) is 13.9. The van der Waals surface area contributed by atoms with E-state index in [0.717, 1.165) is 0 Å². The van der Waals surface area contributed by atoms with E-state index >= 15 is 0 Å². The Hall–Kier alpha value is -1.12. The first-order valence-corrected chi connectivity index (χ1v) is 6.42. The topological polar surface area (TPSA) is 78.1 Å². The van der Waals surface area contributed by atoms with Crippen molar-refractivity contribution in [2.45, 2.75) is 13.8 Å². The molecule has 1 rings (SSSR count). The third kappa shape index (κ3) is 3.69. The summed E-state index contributed by atoms with van der Waals surface area (Å²) in [5, 5.41) is 2.87. The van der Waals surface area contributed by atoms with Gasteiger partial charge in [0.15, 0.2) is 0 Å². The normalized spacial score (nSPS) is 10.1. The molecule has 17 heavy (non-hydrogen) atoms. The second-order valence-electron chi connectivity index (χ2n) is 3.31. The third-order valence-corrected chi connectivity index (χ3v) is 3.32. The number of aromatic nitrogens is 2. The lowest BCUT2D eigenvalue weighted by molar-refractivity contribution is -0.128. The van der Waals surface area contributed by atoms with Gasteiger partial charge in [-0.25, -0.2) is 4.98 Å². The van der Waals surface area contributed by atoms with Crippen LogP contribution in [0.25, 0.3) is 0 Å². The van der Waals surface area contributed by atoms with E-state index in [0.29, 0.717) is 22.5 Å². The molecule has 0 bridgehead atoms. The fourth-order valence-corrected chi connectivity index (χ4v) is 1.84. The van der Waals surface area contributed by atoms with Gasteiger partial charge in [-0.1, -0.05) is 0 Å². The van der Waals surface area contributed by atoms with E-state index in [1.165, 1.54) is 6.33 Å². The van der Waals surface area contributed by atoms with E-state index in [1.807, 2.05) is 36.4 Å². The van der Waals surface area contributed by atoms with Crippen molar-refractivity contribution in [1.29, 1.82) is 0 Å². The Morgan fingerprint density at radius 3 is 2.76 bits per heavy atom. The van der Waals surface area contributed by atoms with Crippen LogP contribution >= 0.6 is 22.6 Å². The number of rotatable bonds is 5. The van der Waals surface area contributed by atoms with Gasteiger partial charge in [0.2, 0.25) is 5.91 Å². The molecule has 6 nitrogen and oxygen atoms in total. The molecular formula is C10H15IN4O2. The molecule has 2 N–H and O–H groups in total. The maximum atomic E-state index is 11.7. The maximum Gasteiger partial charge on any atom is 0.266 e. The molecule has 0 aliphatic carbocycles. The summed E-state index contributed by atoms with van der Waals surface area (Å²) in [5.41, 5.74) is -0.210. The highest BCUT2D eigenvalue weighted by Crippen LogP contribution is 2.08. The average molecular weight is 350 g/mol. The first-order valence-electron chi connectivity index (χ1n) is 5.35. The quantitative estimate of drug-likeness (QED) is 0.765. The molecule has 0 radical (unpaired) electrons. The summed E-state index contributed by atoms with van der Waals surface area (Å²) in [6.45, 7) is 5.36. The largest absolute Gasteiger partial charge is 0.360 e. The van der Waals surface area contributed by atoms with E-state index < -0.39 is 0 Å². The van der Waals surface area contributed by atoms with Crippen LogP contribution in [0.2, 0.25) is 0 Å². The number of aromatic amines is 1. The van der Waals surface area contributed by atoms with Crippen LogP contribution in [0.3, 0.4) is 0 Å². The number of carbonyl (C=O) groups is 1. The number of hydrogen-bond acceptors (Lipinski definition) is 4. The average Bonchev–Trinajstić information content (AvgIpc) is 2.32. The summed E-state index contributed by atoms with van der Waals surface area (Å²) in [6.07, 6.45) is 1.31. The zero-order chi connectivity index (χ0) is 12.8. The molecule has 1 aromatic rings. The van der Waals surface area contributed by atoms with Gasteiger partial charge in [0, 0.05) is 13.1 Å². The van der Waals surface area contributed by atoms with Crippen molar-refractivity contribution in [2.24, 2.45) is 0 Å². The van der Waals surface area contributed by atoms with Crippen LogP contribution in [0.5, 0.6) is 0 Å². The predicted molar refractivity (Wildman–Crippen MR) is 74.0 cm³/mol. The van der Waals surface area contributed by atoms with Crippen LogP contribution in [0.1, 0.15) is 13.8 Å². The SMILES string of the molecule is CCN(CC)C(=O)CNc1nc[nH]c(=O)c1I. The molecule has 7 heteroatoms. The number of carbonyl (C=O) groups excluding carboxylic acids is 1. The molecule has 0 spiro atoms. The smallest absolute Gasteiger partial charge is 0.266 e. The van der Waals surface area contributed by atoms with Crippen LogP contribution in [0, 0.1) is 3.57 Å². The molecule has 0 aromatic carbocycles. The lowest BCUT2D eigenvalue weighted by atomic mass is 10.4. The van der Waals surface area contributed by atoms with Gasteiger partial charge in [-0.05, 0) is 36.4 Å². The standard InChI is InChI=1S/C10H15IN4O2/c1-3-15(4-2)7(16)5-12-9-8(11)10(17)14-6-13-9/h6H,3-5H2,1-2H3,(H2,12,13,14,17). The van der Waals surface area contributed by atoms with Crippen molar-refractivity contribution in [3.8, 4) is 0 Å². The van der Waals surface area contributed by atoms with Gasteiger partial charge in [0.05, 0.1) is 12.9 Å². The number of anilines is 1. The monoisotopic (exact) mass is 350 g/mol. The van der Waals surface area contributed by atoms with E-state index in [1.54, 1.807) is 4.90 Å². The van der Waals surface area contributed by atoms with E-state index in [4.69, 9.17) is 0 Å². The number of likely N-dealkylation sites (N-methyl/N-ethyl adjacent to an activating group) is 1. The van der Waals surface area contributed by atoms with Gasteiger partial charge < -0.3 is 15.2 Å². The van der Waals surface area contributed by atoms with Crippen molar-refractivity contribution < 1.29 is 4.79 Å². The summed E-state index contributed by atoms with van der Waals surface area (Å²) in [6, 6.07) is 0. The molecule has 1 amide bonds. The Bertz CT molecular complexity index is 442. The summed E-state index contributed by atoms with van der Waals surface area (Å²) < 4.78 is 0.456. The summed E-state index contributed by atoms with van der Waals surface area (Å²) in [5.74, 6) is 0.433. The molecule has 1 heterocycles. The van der Waals surface area contributed by atoms with E-state index in [2.05, 4.69) is 15.3 Å². The molecule has 0 atom stereocenters. The van der Waals surface area contributed by atoms with Gasteiger partial charge in [-0.3, -0.25) is 9.59 Å². The van der Waals surface area contributed by atoms with Crippen LogP contribution in [-0.2, 0) is 4.79 Å². The van der Waals surface area contributed by atoms with Crippen molar-refractivity contribution in [3.63, 3.8) is 0 Å². The second-order valence-corrected chi connectivity index (χ2v) is 4.39. The Labute approximate surface area is 113 Å². The van der Waals surface area contributed by atoms with Crippen molar-refractivity contribution >= 4 is 34.3 Å². The first-order chi connectivity index (χ1) is 8.10. The second kappa shape index (κ2) is 6.58. The molecule has 0 aliphatic heterocycles. The predicted octanol–water partition coefficient (Wildman–Crippen LogP) is 0.655. The summed E-state index contributed by atoms with van der Waals surface area (Å²) >= 11 is 1.89. The number of H-pyrrole nitrogens is 1. The highest BCUT2D eigenvalue weighted by atomic mass is 127. The zero-order valence-corrected chi connectivity index (χ0v) is 11.9. The molecule has 94 valence electrons. The minimum absolute atomic E-state index is 0.00659. The Kier molecular flexibility index (Phi) is 5.39. The minimum atomic E-state index is -0.210. The number of halogens is 1. The Morgan fingerprint density at radius 1 is 1.53 bits per heavy atom. The van der Waals surface area contributed by atoms with Gasteiger partial charge in [-0.15, -0.1) is 0 Å². The van der Waals surface area contributed by atoms with Crippen LogP contribution in [0.15, 0.2) is 11.1 Å². The molecule has 0 unspecified atom stereocenters. The maximum absolute atomic E-state index is 11.7. The highest BCUT2D eigenvalue weighted by molar-refractivity contribution is 14.1. The molecule has 0 aliphatic rings. The Morgan fingerprint density at radius 2 is 2.18 bits per heavy atom. The van der Waals surface area contributed by atoms with Crippen molar-refractivity contribution in [1.82, 2.24) is 14.9 Å². The van der Waals surface area contributed by atoms with Crippen LogP contribution in [-0.4, -0.2) is 40.4 Å². The van der Waals surface area contributed by atoms with Gasteiger partial charge in [0.25, 0.3) is 5.56 Å². The molecule has 0 saturated carbocycles. The van der Waals surface area contributed by atoms with E-state index in [9.17, 15) is 9.59 Å². The lowest BCUT2D eigenvalue weighted by Gasteiger charge is -2.18. The molecular weight excluding hydrogens is 335 g/mol. The lowest BCUT2D eigenvalue weighted by Crippen LogP contribution is -2.35. The van der Waals surface area contributed by atoms with E-state index in [-0.39, 0.29) is 18.0 Å². The van der Waals surface area contributed by atoms with Gasteiger partial charge in [-0.2, -0.15) is 0 Å². The number of hydrogen-bond donors (Lipinski definition) is 2. The number of amides is 1. The Balaban J connectivity index is 2.65. The van der Waals surface area contributed by atoms with Crippen LogP contribution in [0.4, 0.5) is 5.82 Å². The molecule has 0 fully saturated rings. The fourth-order valence-electron chi connectivity index (χ4n) is 1.35. The number of nitrogens with one attached hydrogen (secondary N) is 2.